The van der Waals surface area contributed by atoms with Crippen molar-refractivity contribution in [3.8, 4) is 0 Å². The third-order valence-electron chi connectivity index (χ3n) is 3.39. The maximum atomic E-state index is 12.1. The van der Waals surface area contributed by atoms with E-state index in [1.165, 1.54) is 11.9 Å². The molecule has 0 aromatic heterocycles. The summed E-state index contributed by atoms with van der Waals surface area (Å²) in [7, 11) is 6.60. The van der Waals surface area contributed by atoms with Crippen LogP contribution in [0.15, 0.2) is 4.99 Å². The summed E-state index contributed by atoms with van der Waals surface area (Å²) in [5.74, 6) is 0.780. The summed E-state index contributed by atoms with van der Waals surface area (Å²) in [6, 6.07) is -1.06. The summed E-state index contributed by atoms with van der Waals surface area (Å²) in [5.41, 5.74) is 0. The fraction of sp³-hybridized carbons (Fsp3) is 0.636. The van der Waals surface area contributed by atoms with Crippen molar-refractivity contribution in [3.05, 3.63) is 0 Å². The average molecular weight is 268 g/mol. The number of urea groups is 1. The number of carbonyl (C=O) groups is 2. The number of hydrogen-bond donors (Lipinski definition) is 1. The van der Waals surface area contributed by atoms with E-state index < -0.39 is 6.04 Å². The number of amides is 3. The Hall–Kier alpha value is -1.96. The van der Waals surface area contributed by atoms with Gasteiger partial charge in [0.25, 0.3) is 11.9 Å². The summed E-state index contributed by atoms with van der Waals surface area (Å²) >= 11 is 0. The van der Waals surface area contributed by atoms with Crippen LogP contribution < -0.4 is 0 Å². The minimum absolute atomic E-state index is 0.00796. The minimum atomic E-state index is -0.686. The molecule has 0 radical (unpaired) electrons. The molecule has 1 saturated heterocycles. The van der Waals surface area contributed by atoms with Crippen LogP contribution in [0.3, 0.4) is 0 Å². The van der Waals surface area contributed by atoms with E-state index in [-0.39, 0.29) is 18.5 Å². The molecule has 8 nitrogen and oxygen atoms in total. The van der Waals surface area contributed by atoms with Gasteiger partial charge in [0.1, 0.15) is 0 Å². The van der Waals surface area contributed by atoms with Crippen LogP contribution in [-0.4, -0.2) is 95.5 Å². The van der Waals surface area contributed by atoms with Gasteiger partial charge in [-0.05, 0) is 0 Å². The normalized spacial score (nSPS) is 23.0. The first-order valence-electron chi connectivity index (χ1n) is 5.95. The van der Waals surface area contributed by atoms with Gasteiger partial charge in [-0.1, -0.05) is 0 Å². The van der Waals surface area contributed by atoms with Gasteiger partial charge < -0.3 is 5.11 Å². The Labute approximate surface area is 111 Å². The van der Waals surface area contributed by atoms with Gasteiger partial charge >= 0.3 is 12.0 Å². The predicted molar refractivity (Wildman–Crippen MR) is 68.1 cm³/mol. The molecule has 2 aliphatic heterocycles. The van der Waals surface area contributed by atoms with Gasteiger partial charge in [0.05, 0.1) is 27.2 Å². The van der Waals surface area contributed by atoms with E-state index in [4.69, 9.17) is 5.11 Å². The molecule has 3 amide bonds. The molecular formula is C11H18N5O3+. The Bertz CT molecular complexity index is 499. The lowest BCUT2D eigenvalue weighted by Crippen LogP contribution is -2.59. The van der Waals surface area contributed by atoms with Crippen LogP contribution in [-0.2, 0) is 4.79 Å². The van der Waals surface area contributed by atoms with Gasteiger partial charge in [-0.2, -0.15) is 0 Å². The molecule has 0 saturated carbocycles. The van der Waals surface area contributed by atoms with Crippen LogP contribution in [0.25, 0.3) is 0 Å². The van der Waals surface area contributed by atoms with E-state index >= 15 is 0 Å². The van der Waals surface area contributed by atoms with Gasteiger partial charge in [-0.3, -0.25) is 14.6 Å². The van der Waals surface area contributed by atoms with Gasteiger partial charge in [0.15, 0.2) is 0 Å². The lowest BCUT2D eigenvalue weighted by molar-refractivity contribution is -0.385. The van der Waals surface area contributed by atoms with Gasteiger partial charge in [-0.15, -0.1) is 4.99 Å². The van der Waals surface area contributed by atoms with Crippen LogP contribution in [0.1, 0.15) is 0 Å². The van der Waals surface area contributed by atoms with Crippen LogP contribution in [0, 0.1) is 0 Å². The van der Waals surface area contributed by atoms with E-state index in [1.807, 2.05) is 0 Å². The van der Waals surface area contributed by atoms with E-state index in [0.717, 1.165) is 4.90 Å². The van der Waals surface area contributed by atoms with Crippen molar-refractivity contribution in [1.29, 1.82) is 0 Å². The monoisotopic (exact) mass is 268 g/mol. The number of amidine groups is 1. The molecule has 1 atom stereocenters. The third kappa shape index (κ3) is 1.88. The topological polar surface area (TPSA) is 79.5 Å². The van der Waals surface area contributed by atoms with Crippen molar-refractivity contribution in [1.82, 2.24) is 14.7 Å². The smallest absolute Gasteiger partial charge is 0.374 e. The summed E-state index contributed by atoms with van der Waals surface area (Å²) < 4.78 is 1.71. The second kappa shape index (κ2) is 4.61. The van der Waals surface area contributed by atoms with E-state index in [9.17, 15) is 9.59 Å². The highest BCUT2D eigenvalue weighted by atomic mass is 16.3. The molecule has 2 aliphatic rings. The largest absolute Gasteiger partial charge is 0.393 e. The van der Waals surface area contributed by atoms with Crippen LogP contribution >= 0.6 is 0 Å². The quantitative estimate of drug-likeness (QED) is 0.600. The van der Waals surface area contributed by atoms with Crippen molar-refractivity contribution < 1.29 is 19.3 Å². The second-order valence-corrected chi connectivity index (χ2v) is 4.63. The molecule has 0 aliphatic carbocycles. The molecule has 0 spiro atoms. The van der Waals surface area contributed by atoms with Crippen LogP contribution in [0.5, 0.6) is 0 Å². The van der Waals surface area contributed by atoms with Crippen molar-refractivity contribution in [2.75, 3.05) is 41.3 Å². The van der Waals surface area contributed by atoms with Crippen molar-refractivity contribution in [3.63, 3.8) is 0 Å². The number of aliphatic hydroxyl groups excluding tert-OH is 1. The minimum Gasteiger partial charge on any atom is -0.393 e. The first kappa shape index (κ1) is 13.5. The van der Waals surface area contributed by atoms with Crippen LogP contribution in [0.2, 0.25) is 0 Å². The Morgan fingerprint density at radius 2 is 2.00 bits per heavy atom. The summed E-state index contributed by atoms with van der Waals surface area (Å²) in [6.07, 6.45) is 0. The number of guanidine groups is 1. The fourth-order valence-corrected chi connectivity index (χ4v) is 2.33. The first-order valence-corrected chi connectivity index (χ1v) is 5.95. The highest BCUT2D eigenvalue weighted by Crippen LogP contribution is 2.18. The highest BCUT2D eigenvalue weighted by Gasteiger charge is 2.50. The summed E-state index contributed by atoms with van der Waals surface area (Å²) in [5, 5.41) is 8.97. The number of rotatable bonds is 2. The Morgan fingerprint density at radius 3 is 2.58 bits per heavy atom. The maximum Gasteiger partial charge on any atom is 0.374 e. The van der Waals surface area contributed by atoms with Crippen molar-refractivity contribution in [2.45, 2.75) is 6.04 Å². The standard InChI is InChI=1S/C11H18N5O3/c1-13(5-6-17)10-12-7-8(14(10)2)15(3)11(19)16(4)9(7)18/h7,17H,5-6H2,1-4H3/q+1. The zero-order valence-electron chi connectivity index (χ0n) is 11.5. The molecule has 0 aromatic carbocycles. The Balaban J connectivity index is 2.42. The maximum absolute atomic E-state index is 12.1. The van der Waals surface area contributed by atoms with Crippen molar-refractivity contribution in [2.24, 2.45) is 4.99 Å². The number of imide groups is 1. The highest BCUT2D eigenvalue weighted by molar-refractivity contribution is 6.21. The van der Waals surface area contributed by atoms with E-state index in [0.29, 0.717) is 18.3 Å². The number of nitrogens with zero attached hydrogens (tertiary/aromatic N) is 5. The first-order chi connectivity index (χ1) is 8.90. The Morgan fingerprint density at radius 1 is 1.37 bits per heavy atom. The van der Waals surface area contributed by atoms with Gasteiger partial charge in [0.2, 0.25) is 5.84 Å². The number of aliphatic imine (C=N–C) groups is 1. The molecule has 8 heteroatoms. The summed E-state index contributed by atoms with van der Waals surface area (Å²) in [6.45, 7) is 0.400. The zero-order chi connectivity index (χ0) is 14.3. The zero-order valence-corrected chi connectivity index (χ0v) is 11.5. The Kier molecular flexibility index (Phi) is 3.27. The summed E-state index contributed by atoms with van der Waals surface area (Å²) in [4.78, 5) is 32.6. The molecule has 19 heavy (non-hydrogen) atoms. The van der Waals surface area contributed by atoms with Gasteiger partial charge in [-0.25, -0.2) is 14.3 Å². The van der Waals surface area contributed by atoms with Crippen LogP contribution in [0.4, 0.5) is 4.79 Å². The molecular weight excluding hydrogens is 250 g/mol. The average Bonchev–Trinajstić information content (AvgIpc) is 2.72. The predicted octanol–water partition coefficient (Wildman–Crippen LogP) is -1.79. The number of fused-ring (bicyclic) bond motifs is 1. The molecule has 1 fully saturated rings. The molecule has 1 unspecified atom stereocenters. The number of hydrogen-bond acceptors (Lipinski definition) is 5. The molecule has 1 N–H and O–H groups in total. The molecule has 0 aromatic rings. The lowest BCUT2D eigenvalue weighted by atomic mass is 10.2. The molecule has 104 valence electrons. The third-order valence-corrected chi connectivity index (χ3v) is 3.39. The molecule has 2 heterocycles. The molecule has 0 bridgehead atoms. The number of carbonyl (C=O) groups excluding carboxylic acids is 2. The molecule has 2 rings (SSSR count). The number of likely N-dealkylation sites (N-methyl/N-ethyl adjacent to an activating group) is 3. The lowest BCUT2D eigenvalue weighted by Gasteiger charge is -2.28. The van der Waals surface area contributed by atoms with E-state index in [2.05, 4.69) is 4.99 Å². The SMILES string of the molecule is CN(CCO)C1=NC2C(=O)N(C)C(=O)N(C)C2=[N+]1C. The second-order valence-electron chi connectivity index (χ2n) is 4.63. The number of aliphatic hydroxyl groups is 1. The van der Waals surface area contributed by atoms with E-state index in [1.54, 1.807) is 30.6 Å². The van der Waals surface area contributed by atoms with Crippen molar-refractivity contribution >= 4 is 23.7 Å². The van der Waals surface area contributed by atoms with Gasteiger partial charge in [0, 0.05) is 14.1 Å². The fourth-order valence-electron chi connectivity index (χ4n) is 2.33.